The van der Waals surface area contributed by atoms with Gasteiger partial charge in [0.1, 0.15) is 16.9 Å². The fourth-order valence-electron chi connectivity index (χ4n) is 2.70. The number of sulfonamides is 1. The Morgan fingerprint density at radius 2 is 1.80 bits per heavy atom. The van der Waals surface area contributed by atoms with Crippen LogP contribution < -0.4 is 10.0 Å². The molecule has 0 aliphatic heterocycles. The van der Waals surface area contributed by atoms with E-state index in [9.17, 15) is 13.2 Å². The standard InChI is InChI=1S/C20H17N5O3S2/c26-20(22-12-15-3-9-18(10-4-15)25-14-21-13-23-25)16-5-7-17(8-6-16)24-30(27,28)19-2-1-11-29-19/h1-11,13-14,24H,12H2,(H,22,26). The highest BCUT2D eigenvalue weighted by molar-refractivity contribution is 7.94. The Balaban J connectivity index is 1.35. The van der Waals surface area contributed by atoms with E-state index in [2.05, 4.69) is 20.1 Å². The zero-order chi connectivity index (χ0) is 21.0. The van der Waals surface area contributed by atoms with Crippen molar-refractivity contribution in [2.45, 2.75) is 10.8 Å². The lowest BCUT2D eigenvalue weighted by atomic mass is 10.1. The number of nitrogens with zero attached hydrogens (tertiary/aromatic N) is 3. The van der Waals surface area contributed by atoms with Crippen LogP contribution in [0.15, 0.2) is 82.9 Å². The molecule has 30 heavy (non-hydrogen) atoms. The molecule has 2 aromatic carbocycles. The highest BCUT2D eigenvalue weighted by atomic mass is 32.2. The number of rotatable bonds is 7. The average Bonchev–Trinajstić information content (AvgIpc) is 3.47. The highest BCUT2D eigenvalue weighted by Gasteiger charge is 2.15. The lowest BCUT2D eigenvalue weighted by molar-refractivity contribution is 0.0951. The van der Waals surface area contributed by atoms with Gasteiger partial charge in [-0.3, -0.25) is 9.52 Å². The first-order valence-electron chi connectivity index (χ1n) is 8.90. The quantitative estimate of drug-likeness (QED) is 0.460. The zero-order valence-electron chi connectivity index (χ0n) is 15.6. The maximum atomic E-state index is 12.4. The van der Waals surface area contributed by atoms with Crippen molar-refractivity contribution < 1.29 is 13.2 Å². The van der Waals surface area contributed by atoms with Crippen LogP contribution in [-0.4, -0.2) is 29.1 Å². The molecule has 0 bridgehead atoms. The normalized spacial score (nSPS) is 11.2. The molecule has 2 heterocycles. The summed E-state index contributed by atoms with van der Waals surface area (Å²) in [5, 5.41) is 8.61. The van der Waals surface area contributed by atoms with Gasteiger partial charge in [-0.05, 0) is 53.4 Å². The van der Waals surface area contributed by atoms with Crippen LogP contribution >= 0.6 is 11.3 Å². The molecule has 0 radical (unpaired) electrons. The average molecular weight is 440 g/mol. The SMILES string of the molecule is O=C(NCc1ccc(-n2cncn2)cc1)c1ccc(NS(=O)(=O)c2cccs2)cc1. The maximum Gasteiger partial charge on any atom is 0.271 e. The number of thiophene rings is 1. The lowest BCUT2D eigenvalue weighted by Gasteiger charge is -2.09. The molecule has 1 amide bonds. The number of hydrogen-bond acceptors (Lipinski definition) is 6. The molecule has 2 N–H and O–H groups in total. The first kappa shape index (κ1) is 19.8. The molecular weight excluding hydrogens is 422 g/mol. The largest absolute Gasteiger partial charge is 0.348 e. The third-order valence-corrected chi connectivity index (χ3v) is 7.01. The van der Waals surface area contributed by atoms with E-state index in [0.717, 1.165) is 22.6 Å². The second-order valence-corrected chi connectivity index (χ2v) is 9.16. The Morgan fingerprint density at radius 3 is 2.43 bits per heavy atom. The van der Waals surface area contributed by atoms with Crippen molar-refractivity contribution in [3.63, 3.8) is 0 Å². The smallest absolute Gasteiger partial charge is 0.271 e. The minimum absolute atomic E-state index is 0.235. The van der Waals surface area contributed by atoms with E-state index < -0.39 is 10.0 Å². The van der Waals surface area contributed by atoms with Crippen LogP contribution in [0, 0.1) is 0 Å². The highest BCUT2D eigenvalue weighted by Crippen LogP contribution is 2.20. The molecule has 0 fully saturated rings. The molecule has 10 heteroatoms. The van der Waals surface area contributed by atoms with Gasteiger partial charge in [0.15, 0.2) is 0 Å². The summed E-state index contributed by atoms with van der Waals surface area (Å²) >= 11 is 1.14. The number of aromatic nitrogens is 3. The number of carbonyl (C=O) groups excluding carboxylic acids is 1. The molecule has 2 aromatic heterocycles. The van der Waals surface area contributed by atoms with Crippen LogP contribution in [0.4, 0.5) is 5.69 Å². The van der Waals surface area contributed by atoms with Crippen molar-refractivity contribution in [1.29, 1.82) is 0 Å². The van der Waals surface area contributed by atoms with Gasteiger partial charge in [-0.25, -0.2) is 18.1 Å². The molecule has 0 spiro atoms. The van der Waals surface area contributed by atoms with Gasteiger partial charge >= 0.3 is 0 Å². The van der Waals surface area contributed by atoms with Gasteiger partial charge in [-0.1, -0.05) is 18.2 Å². The number of nitrogens with one attached hydrogen (secondary N) is 2. The molecule has 0 saturated carbocycles. The summed E-state index contributed by atoms with van der Waals surface area (Å²) in [6.45, 7) is 0.364. The summed E-state index contributed by atoms with van der Waals surface area (Å²) in [4.78, 5) is 16.3. The first-order chi connectivity index (χ1) is 14.5. The van der Waals surface area contributed by atoms with Gasteiger partial charge in [0.25, 0.3) is 15.9 Å². The van der Waals surface area contributed by atoms with E-state index in [1.54, 1.807) is 46.7 Å². The van der Waals surface area contributed by atoms with Gasteiger partial charge in [-0.2, -0.15) is 5.10 Å². The van der Waals surface area contributed by atoms with Crippen molar-refractivity contribution in [3.05, 3.63) is 89.8 Å². The summed E-state index contributed by atoms with van der Waals surface area (Å²) in [7, 11) is -3.61. The van der Waals surface area contributed by atoms with Gasteiger partial charge < -0.3 is 5.32 Å². The Labute approximate surface area is 177 Å². The number of hydrogen-bond donors (Lipinski definition) is 2. The number of benzene rings is 2. The van der Waals surface area contributed by atoms with Gasteiger partial charge in [0.2, 0.25) is 0 Å². The van der Waals surface area contributed by atoms with Crippen LogP contribution in [0.25, 0.3) is 5.69 Å². The summed E-state index contributed by atoms with van der Waals surface area (Å²) in [5.74, 6) is -0.247. The molecule has 4 aromatic rings. The van der Waals surface area contributed by atoms with Crippen molar-refractivity contribution in [3.8, 4) is 5.69 Å². The number of amides is 1. The summed E-state index contributed by atoms with van der Waals surface area (Å²) in [6.07, 6.45) is 3.08. The van der Waals surface area contributed by atoms with Crippen molar-refractivity contribution >= 4 is 33.0 Å². The fourth-order valence-corrected chi connectivity index (χ4v) is 4.76. The van der Waals surface area contributed by atoms with Gasteiger partial charge in [-0.15, -0.1) is 11.3 Å². The fraction of sp³-hybridized carbons (Fsp3) is 0.0500. The minimum Gasteiger partial charge on any atom is -0.348 e. The lowest BCUT2D eigenvalue weighted by Crippen LogP contribution is -2.22. The third-order valence-electron chi connectivity index (χ3n) is 4.23. The van der Waals surface area contributed by atoms with Crippen LogP contribution in [0.3, 0.4) is 0 Å². The van der Waals surface area contributed by atoms with Crippen LogP contribution in [0.1, 0.15) is 15.9 Å². The monoisotopic (exact) mass is 439 g/mol. The molecule has 0 unspecified atom stereocenters. The van der Waals surface area contributed by atoms with Crippen molar-refractivity contribution in [2.24, 2.45) is 0 Å². The second kappa shape index (κ2) is 8.47. The van der Waals surface area contributed by atoms with E-state index >= 15 is 0 Å². The molecule has 0 aliphatic rings. The van der Waals surface area contributed by atoms with Crippen molar-refractivity contribution in [2.75, 3.05) is 4.72 Å². The van der Waals surface area contributed by atoms with Crippen LogP contribution in [0.2, 0.25) is 0 Å². The van der Waals surface area contributed by atoms with Gasteiger partial charge in [0.05, 0.1) is 5.69 Å². The summed E-state index contributed by atoms with van der Waals surface area (Å²) < 4.78 is 28.9. The van der Waals surface area contributed by atoms with E-state index in [1.807, 2.05) is 24.3 Å². The summed E-state index contributed by atoms with van der Waals surface area (Å²) in [6, 6.07) is 17.1. The summed E-state index contributed by atoms with van der Waals surface area (Å²) in [5.41, 5.74) is 2.65. The zero-order valence-corrected chi connectivity index (χ0v) is 17.2. The molecule has 0 atom stereocenters. The van der Waals surface area contributed by atoms with Crippen LogP contribution in [-0.2, 0) is 16.6 Å². The second-order valence-electron chi connectivity index (χ2n) is 6.30. The molecule has 0 aliphatic carbocycles. The Bertz CT molecular complexity index is 1220. The number of carbonyl (C=O) groups is 1. The predicted octanol–water partition coefficient (Wildman–Crippen LogP) is 3.06. The maximum absolute atomic E-state index is 12.4. The van der Waals surface area contributed by atoms with E-state index in [0.29, 0.717) is 17.8 Å². The Kier molecular flexibility index (Phi) is 5.59. The predicted molar refractivity (Wildman–Crippen MR) is 114 cm³/mol. The molecule has 4 rings (SSSR count). The molecular formula is C20H17N5O3S2. The number of anilines is 1. The topological polar surface area (TPSA) is 106 Å². The van der Waals surface area contributed by atoms with E-state index in [-0.39, 0.29) is 10.1 Å². The molecule has 8 nitrogen and oxygen atoms in total. The first-order valence-corrected chi connectivity index (χ1v) is 11.3. The Hall–Kier alpha value is -3.50. The molecule has 0 saturated heterocycles. The third kappa shape index (κ3) is 4.56. The Morgan fingerprint density at radius 1 is 1.03 bits per heavy atom. The van der Waals surface area contributed by atoms with E-state index in [1.165, 1.54) is 12.4 Å². The minimum atomic E-state index is -3.61. The van der Waals surface area contributed by atoms with E-state index in [4.69, 9.17) is 0 Å². The van der Waals surface area contributed by atoms with Gasteiger partial charge in [0, 0.05) is 17.8 Å². The molecule has 152 valence electrons. The van der Waals surface area contributed by atoms with Crippen LogP contribution in [0.5, 0.6) is 0 Å². The van der Waals surface area contributed by atoms with Crippen molar-refractivity contribution in [1.82, 2.24) is 20.1 Å².